The number of carbonyl (C=O) groups excluding carboxylic acids is 1. The Kier molecular flexibility index (Phi) is 3.72. The van der Waals surface area contributed by atoms with E-state index < -0.39 is 0 Å². The summed E-state index contributed by atoms with van der Waals surface area (Å²) >= 11 is 0. The quantitative estimate of drug-likeness (QED) is 0.728. The van der Waals surface area contributed by atoms with E-state index in [2.05, 4.69) is 6.92 Å². The zero-order chi connectivity index (χ0) is 13.5. The standard InChI is InChI=1S/C17H28O2/c1-12(3-4-19-2)16(18)11-17-8-13-5-14(9-17)7-15(6-13)10-17/h12-15H,3-11H2,1-2H3. The lowest BCUT2D eigenvalue weighted by molar-refractivity contribution is -0.131. The van der Waals surface area contributed by atoms with Gasteiger partial charge in [0.15, 0.2) is 0 Å². The smallest absolute Gasteiger partial charge is 0.136 e. The molecule has 0 heterocycles. The third kappa shape index (κ3) is 2.74. The summed E-state index contributed by atoms with van der Waals surface area (Å²) in [5.41, 5.74) is 0.410. The maximum absolute atomic E-state index is 12.5. The topological polar surface area (TPSA) is 26.3 Å². The molecule has 4 bridgehead atoms. The van der Waals surface area contributed by atoms with Crippen LogP contribution in [0.2, 0.25) is 0 Å². The lowest BCUT2D eigenvalue weighted by Gasteiger charge is -2.57. The molecule has 108 valence electrons. The van der Waals surface area contributed by atoms with E-state index in [0.717, 1.165) is 30.6 Å². The molecule has 2 nitrogen and oxygen atoms in total. The molecule has 4 saturated carbocycles. The second kappa shape index (κ2) is 5.20. The van der Waals surface area contributed by atoms with Crippen molar-refractivity contribution in [1.29, 1.82) is 0 Å². The highest BCUT2D eigenvalue weighted by atomic mass is 16.5. The van der Waals surface area contributed by atoms with Crippen molar-refractivity contribution in [2.75, 3.05) is 13.7 Å². The minimum Gasteiger partial charge on any atom is -0.385 e. The lowest BCUT2D eigenvalue weighted by Crippen LogP contribution is -2.47. The highest BCUT2D eigenvalue weighted by molar-refractivity contribution is 5.81. The number of methoxy groups -OCH3 is 1. The first kappa shape index (κ1) is 13.6. The van der Waals surface area contributed by atoms with Gasteiger partial charge in [-0.3, -0.25) is 4.79 Å². The van der Waals surface area contributed by atoms with E-state index in [-0.39, 0.29) is 5.92 Å². The van der Waals surface area contributed by atoms with Crippen molar-refractivity contribution < 1.29 is 9.53 Å². The molecule has 4 fully saturated rings. The average Bonchev–Trinajstić information content (AvgIpc) is 2.33. The molecule has 19 heavy (non-hydrogen) atoms. The van der Waals surface area contributed by atoms with Crippen LogP contribution in [0.3, 0.4) is 0 Å². The zero-order valence-electron chi connectivity index (χ0n) is 12.5. The van der Waals surface area contributed by atoms with E-state index in [0.29, 0.717) is 17.8 Å². The first-order valence-electron chi connectivity index (χ1n) is 8.12. The molecule has 0 aliphatic heterocycles. The van der Waals surface area contributed by atoms with Crippen LogP contribution >= 0.6 is 0 Å². The van der Waals surface area contributed by atoms with Crippen LogP contribution in [0.1, 0.15) is 58.3 Å². The van der Waals surface area contributed by atoms with Crippen molar-refractivity contribution in [2.24, 2.45) is 29.1 Å². The van der Waals surface area contributed by atoms with E-state index in [1.165, 1.54) is 38.5 Å². The summed E-state index contributed by atoms with van der Waals surface area (Å²) in [4.78, 5) is 12.5. The molecule has 2 heteroatoms. The van der Waals surface area contributed by atoms with Crippen molar-refractivity contribution in [3.8, 4) is 0 Å². The van der Waals surface area contributed by atoms with E-state index in [1.54, 1.807) is 7.11 Å². The van der Waals surface area contributed by atoms with Gasteiger partial charge < -0.3 is 4.74 Å². The van der Waals surface area contributed by atoms with Gasteiger partial charge in [-0.05, 0) is 68.1 Å². The van der Waals surface area contributed by atoms with Crippen molar-refractivity contribution >= 4 is 5.78 Å². The van der Waals surface area contributed by atoms with Crippen LogP contribution in [0.15, 0.2) is 0 Å². The zero-order valence-corrected chi connectivity index (χ0v) is 12.5. The maximum atomic E-state index is 12.5. The van der Waals surface area contributed by atoms with E-state index in [9.17, 15) is 4.79 Å². The SMILES string of the molecule is COCCC(C)C(=O)CC12CC3CC(CC(C3)C1)C2. The van der Waals surface area contributed by atoms with Crippen molar-refractivity contribution in [3.05, 3.63) is 0 Å². The highest BCUT2D eigenvalue weighted by Gasteiger charge is 2.51. The van der Waals surface area contributed by atoms with Gasteiger partial charge in [0.05, 0.1) is 0 Å². The van der Waals surface area contributed by atoms with Gasteiger partial charge in [-0.25, -0.2) is 0 Å². The number of hydrogen-bond donors (Lipinski definition) is 0. The Balaban J connectivity index is 1.61. The Hall–Kier alpha value is -0.370. The summed E-state index contributed by atoms with van der Waals surface area (Å²) in [5, 5.41) is 0. The maximum Gasteiger partial charge on any atom is 0.136 e. The summed E-state index contributed by atoms with van der Waals surface area (Å²) in [6, 6.07) is 0. The Bertz CT molecular complexity index is 312. The van der Waals surface area contributed by atoms with Gasteiger partial charge in [0, 0.05) is 26.1 Å². The fraction of sp³-hybridized carbons (Fsp3) is 0.941. The number of ether oxygens (including phenoxy) is 1. The van der Waals surface area contributed by atoms with Crippen LogP contribution in [-0.4, -0.2) is 19.5 Å². The Morgan fingerprint density at radius 2 is 1.68 bits per heavy atom. The first-order valence-corrected chi connectivity index (χ1v) is 8.12. The molecule has 4 aliphatic carbocycles. The molecule has 0 N–H and O–H groups in total. The van der Waals surface area contributed by atoms with E-state index in [1.807, 2.05) is 0 Å². The summed E-state index contributed by atoms with van der Waals surface area (Å²) in [7, 11) is 1.72. The molecule has 0 saturated heterocycles. The largest absolute Gasteiger partial charge is 0.385 e. The van der Waals surface area contributed by atoms with Crippen LogP contribution in [0.5, 0.6) is 0 Å². The molecule has 4 aliphatic rings. The predicted octanol–water partition coefficient (Wildman–Crippen LogP) is 3.83. The number of hydrogen-bond acceptors (Lipinski definition) is 2. The number of Topliss-reactive ketones (excluding diaryl/α,β-unsaturated/α-hetero) is 1. The van der Waals surface area contributed by atoms with Crippen LogP contribution in [-0.2, 0) is 9.53 Å². The normalized spacial score (nSPS) is 41.5. The van der Waals surface area contributed by atoms with Crippen molar-refractivity contribution in [2.45, 2.75) is 58.3 Å². The van der Waals surface area contributed by atoms with Gasteiger partial charge in [-0.15, -0.1) is 0 Å². The van der Waals surface area contributed by atoms with Crippen LogP contribution < -0.4 is 0 Å². The van der Waals surface area contributed by atoms with Gasteiger partial charge in [0.25, 0.3) is 0 Å². The molecular formula is C17H28O2. The van der Waals surface area contributed by atoms with Crippen molar-refractivity contribution in [1.82, 2.24) is 0 Å². The Morgan fingerprint density at radius 1 is 1.16 bits per heavy atom. The summed E-state index contributed by atoms with van der Waals surface area (Å²) in [5.74, 6) is 3.54. The molecule has 0 aromatic heterocycles. The summed E-state index contributed by atoms with van der Waals surface area (Å²) in [6.07, 6.45) is 10.2. The third-order valence-electron chi connectivity index (χ3n) is 6.02. The molecule has 0 amide bonds. The second-order valence-corrected chi connectivity index (χ2v) is 7.74. The molecular weight excluding hydrogens is 236 g/mol. The van der Waals surface area contributed by atoms with Gasteiger partial charge >= 0.3 is 0 Å². The molecule has 0 radical (unpaired) electrons. The van der Waals surface area contributed by atoms with Crippen LogP contribution in [0, 0.1) is 29.1 Å². The lowest BCUT2D eigenvalue weighted by atomic mass is 9.48. The van der Waals surface area contributed by atoms with Gasteiger partial charge in [0.2, 0.25) is 0 Å². The summed E-state index contributed by atoms with van der Waals surface area (Å²) in [6.45, 7) is 2.80. The van der Waals surface area contributed by atoms with Crippen LogP contribution in [0.25, 0.3) is 0 Å². The fourth-order valence-corrected chi connectivity index (χ4v) is 5.51. The van der Waals surface area contributed by atoms with Crippen molar-refractivity contribution in [3.63, 3.8) is 0 Å². The van der Waals surface area contributed by atoms with E-state index >= 15 is 0 Å². The Morgan fingerprint density at radius 3 is 2.16 bits per heavy atom. The average molecular weight is 264 g/mol. The molecule has 0 spiro atoms. The van der Waals surface area contributed by atoms with E-state index in [4.69, 9.17) is 4.74 Å². The van der Waals surface area contributed by atoms with Crippen LogP contribution in [0.4, 0.5) is 0 Å². The number of rotatable bonds is 6. The predicted molar refractivity (Wildman–Crippen MR) is 75.9 cm³/mol. The second-order valence-electron chi connectivity index (χ2n) is 7.74. The number of ketones is 1. The molecule has 1 atom stereocenters. The van der Waals surface area contributed by atoms with Gasteiger partial charge in [0.1, 0.15) is 5.78 Å². The highest BCUT2D eigenvalue weighted by Crippen LogP contribution is 2.61. The Labute approximate surface area is 117 Å². The molecule has 0 aromatic carbocycles. The monoisotopic (exact) mass is 264 g/mol. The molecule has 1 unspecified atom stereocenters. The first-order chi connectivity index (χ1) is 9.10. The summed E-state index contributed by atoms with van der Waals surface area (Å²) < 4.78 is 5.10. The molecule has 0 aromatic rings. The minimum atomic E-state index is 0.188. The minimum absolute atomic E-state index is 0.188. The van der Waals surface area contributed by atoms with Gasteiger partial charge in [-0.2, -0.15) is 0 Å². The fourth-order valence-electron chi connectivity index (χ4n) is 5.51. The molecule has 4 rings (SSSR count). The third-order valence-corrected chi connectivity index (χ3v) is 6.02. The van der Waals surface area contributed by atoms with Gasteiger partial charge in [-0.1, -0.05) is 6.92 Å². The number of carbonyl (C=O) groups is 1.